The Morgan fingerprint density at radius 3 is 1.94 bits per heavy atom. The number of hydrogen-bond donors (Lipinski definition) is 0. The van der Waals surface area contributed by atoms with E-state index in [9.17, 15) is 0 Å². The molecule has 0 radical (unpaired) electrons. The minimum atomic E-state index is 0.855. The van der Waals surface area contributed by atoms with Gasteiger partial charge in [0.15, 0.2) is 0 Å². The van der Waals surface area contributed by atoms with Gasteiger partial charge in [-0.2, -0.15) is 0 Å². The minimum Gasteiger partial charge on any atom is -0.306 e. The number of piperidine rings is 1. The summed E-state index contributed by atoms with van der Waals surface area (Å²) >= 11 is 0. The van der Waals surface area contributed by atoms with Gasteiger partial charge in [-0.1, -0.05) is 13.8 Å². The third-order valence-electron chi connectivity index (χ3n) is 5.12. The minimum absolute atomic E-state index is 0.855. The first kappa shape index (κ1) is 14.3. The molecule has 0 spiro atoms. The predicted molar refractivity (Wildman–Crippen MR) is 77.4 cm³/mol. The smallest absolute Gasteiger partial charge is 0.0281 e. The van der Waals surface area contributed by atoms with Crippen LogP contribution in [0, 0.1) is 11.8 Å². The van der Waals surface area contributed by atoms with Crippen LogP contribution < -0.4 is 0 Å². The van der Waals surface area contributed by atoms with Gasteiger partial charge < -0.3 is 4.90 Å². The van der Waals surface area contributed by atoms with Gasteiger partial charge in [-0.25, -0.2) is 10.0 Å². The first-order valence-corrected chi connectivity index (χ1v) is 7.74. The Kier molecular flexibility index (Phi) is 5.05. The maximum Gasteiger partial charge on any atom is 0.0281 e. The van der Waals surface area contributed by atoms with Crippen LogP contribution in [0.5, 0.6) is 0 Å². The summed E-state index contributed by atoms with van der Waals surface area (Å²) in [5.41, 5.74) is 0. The normalized spacial score (nSPS) is 38.3. The summed E-state index contributed by atoms with van der Waals surface area (Å²) in [5.74, 6) is 1.90. The molecule has 0 aromatic heterocycles. The average molecular weight is 253 g/mol. The Morgan fingerprint density at radius 1 is 0.778 bits per heavy atom. The quantitative estimate of drug-likeness (QED) is 0.656. The van der Waals surface area contributed by atoms with Gasteiger partial charge in [0, 0.05) is 26.2 Å². The van der Waals surface area contributed by atoms with E-state index in [-0.39, 0.29) is 0 Å². The largest absolute Gasteiger partial charge is 0.306 e. The van der Waals surface area contributed by atoms with Crippen LogP contribution >= 0.6 is 0 Å². The summed E-state index contributed by atoms with van der Waals surface area (Å²) in [5, 5.41) is 4.92. The SMILES string of the molecule is CC1CCN(C)CC1.CC1CCN2CCC1N2C. The lowest BCUT2D eigenvalue weighted by Gasteiger charge is -2.37. The molecule has 106 valence electrons. The summed E-state index contributed by atoms with van der Waals surface area (Å²) in [6.45, 7) is 9.92. The van der Waals surface area contributed by atoms with Crippen molar-refractivity contribution in [2.24, 2.45) is 11.8 Å². The summed E-state index contributed by atoms with van der Waals surface area (Å²) in [4.78, 5) is 2.40. The molecule has 3 heteroatoms. The van der Waals surface area contributed by atoms with Crippen molar-refractivity contribution >= 4 is 0 Å². The Balaban J connectivity index is 0.000000138. The van der Waals surface area contributed by atoms with Gasteiger partial charge in [0.1, 0.15) is 0 Å². The standard InChI is InChI=1S/C8H16N2.C7H15N/c1-7-3-5-10-6-4-8(7)9(10)2;1-7-3-5-8(2)6-4-7/h7-8H,3-6H2,1-2H3;7H,3-6H2,1-2H3. The first-order chi connectivity index (χ1) is 8.58. The summed E-state index contributed by atoms with van der Waals surface area (Å²) in [6, 6.07) is 0.855. The van der Waals surface area contributed by atoms with Crippen molar-refractivity contribution in [2.45, 2.75) is 45.6 Å². The molecule has 3 fully saturated rings. The summed E-state index contributed by atoms with van der Waals surface area (Å²) in [6.07, 6.45) is 5.58. The lowest BCUT2D eigenvalue weighted by Crippen LogP contribution is -2.46. The first-order valence-electron chi connectivity index (χ1n) is 7.74. The van der Waals surface area contributed by atoms with Crippen LogP contribution in [0.1, 0.15) is 39.5 Å². The van der Waals surface area contributed by atoms with Gasteiger partial charge in [0.2, 0.25) is 0 Å². The monoisotopic (exact) mass is 253 g/mol. The van der Waals surface area contributed by atoms with Crippen molar-refractivity contribution in [2.75, 3.05) is 40.3 Å². The number of nitrogens with zero attached hydrogens (tertiary/aromatic N) is 3. The molecule has 3 aliphatic rings. The van der Waals surface area contributed by atoms with Crippen LogP contribution in [0.25, 0.3) is 0 Å². The zero-order chi connectivity index (χ0) is 13.1. The van der Waals surface area contributed by atoms with Gasteiger partial charge in [-0.15, -0.1) is 0 Å². The van der Waals surface area contributed by atoms with E-state index in [2.05, 4.69) is 42.9 Å². The lowest BCUT2D eigenvalue weighted by atomic mass is 9.96. The van der Waals surface area contributed by atoms with E-state index in [0.29, 0.717) is 0 Å². The molecule has 3 nitrogen and oxygen atoms in total. The van der Waals surface area contributed by atoms with Crippen LogP contribution in [0.2, 0.25) is 0 Å². The molecular formula is C15H31N3. The molecule has 3 aliphatic heterocycles. The van der Waals surface area contributed by atoms with E-state index in [1.54, 1.807) is 0 Å². The third-order valence-corrected chi connectivity index (χ3v) is 5.12. The van der Waals surface area contributed by atoms with Gasteiger partial charge in [0.25, 0.3) is 0 Å². The number of hydrogen-bond acceptors (Lipinski definition) is 3. The van der Waals surface area contributed by atoms with Crippen LogP contribution in [0.15, 0.2) is 0 Å². The fraction of sp³-hybridized carbons (Fsp3) is 1.00. The second-order valence-electron chi connectivity index (χ2n) is 6.64. The van der Waals surface area contributed by atoms with Gasteiger partial charge in [0.05, 0.1) is 0 Å². The van der Waals surface area contributed by atoms with Crippen LogP contribution in [0.3, 0.4) is 0 Å². The zero-order valence-corrected chi connectivity index (χ0v) is 12.7. The van der Waals surface area contributed by atoms with E-state index in [0.717, 1.165) is 17.9 Å². The Hall–Kier alpha value is -0.120. The Labute approximate surface area is 113 Å². The van der Waals surface area contributed by atoms with E-state index in [1.807, 2.05) is 0 Å². The third kappa shape index (κ3) is 3.46. The highest BCUT2D eigenvalue weighted by Crippen LogP contribution is 2.30. The van der Waals surface area contributed by atoms with Crippen LogP contribution in [-0.2, 0) is 0 Å². The number of fused-ring (bicyclic) bond motifs is 2. The molecule has 2 bridgehead atoms. The zero-order valence-electron chi connectivity index (χ0n) is 12.7. The summed E-state index contributed by atoms with van der Waals surface area (Å²) < 4.78 is 0. The van der Waals surface area contributed by atoms with Gasteiger partial charge in [-0.05, 0) is 57.7 Å². The fourth-order valence-corrected chi connectivity index (χ4v) is 3.44. The van der Waals surface area contributed by atoms with E-state index < -0.39 is 0 Å². The Bertz CT molecular complexity index is 238. The van der Waals surface area contributed by atoms with Crippen molar-refractivity contribution in [1.29, 1.82) is 0 Å². The molecule has 3 saturated heterocycles. The van der Waals surface area contributed by atoms with Crippen molar-refractivity contribution in [3.63, 3.8) is 0 Å². The molecule has 0 amide bonds. The van der Waals surface area contributed by atoms with Gasteiger partial charge >= 0.3 is 0 Å². The molecule has 0 N–H and O–H groups in total. The van der Waals surface area contributed by atoms with Crippen molar-refractivity contribution in [3.05, 3.63) is 0 Å². The van der Waals surface area contributed by atoms with Crippen molar-refractivity contribution in [1.82, 2.24) is 14.9 Å². The summed E-state index contributed by atoms with van der Waals surface area (Å²) in [7, 11) is 4.43. The van der Waals surface area contributed by atoms with E-state index in [1.165, 1.54) is 51.9 Å². The molecule has 18 heavy (non-hydrogen) atoms. The predicted octanol–water partition coefficient (Wildman–Crippen LogP) is 2.30. The number of rotatable bonds is 0. The maximum atomic E-state index is 2.48. The molecule has 0 saturated carbocycles. The highest BCUT2D eigenvalue weighted by atomic mass is 15.6. The molecule has 0 aromatic carbocycles. The van der Waals surface area contributed by atoms with Crippen LogP contribution in [-0.4, -0.2) is 61.2 Å². The second-order valence-corrected chi connectivity index (χ2v) is 6.64. The molecule has 3 atom stereocenters. The highest BCUT2D eigenvalue weighted by molar-refractivity contribution is 4.85. The van der Waals surface area contributed by atoms with Crippen molar-refractivity contribution < 1.29 is 0 Å². The molecule has 3 rings (SSSR count). The topological polar surface area (TPSA) is 9.72 Å². The lowest BCUT2D eigenvalue weighted by molar-refractivity contribution is -0.0294. The van der Waals surface area contributed by atoms with Crippen molar-refractivity contribution in [3.8, 4) is 0 Å². The number of hydrazine groups is 1. The number of likely N-dealkylation sites (tertiary alicyclic amines) is 1. The van der Waals surface area contributed by atoms with Crippen LogP contribution in [0.4, 0.5) is 0 Å². The second kappa shape index (κ2) is 6.36. The average Bonchev–Trinajstić information content (AvgIpc) is 2.60. The molecule has 0 aromatic rings. The van der Waals surface area contributed by atoms with Gasteiger partial charge in [-0.3, -0.25) is 0 Å². The molecular weight excluding hydrogens is 222 g/mol. The fourth-order valence-electron chi connectivity index (χ4n) is 3.44. The molecule has 3 heterocycles. The van der Waals surface area contributed by atoms with E-state index >= 15 is 0 Å². The Morgan fingerprint density at radius 2 is 1.39 bits per heavy atom. The maximum absolute atomic E-state index is 2.48. The van der Waals surface area contributed by atoms with E-state index in [4.69, 9.17) is 0 Å². The molecule has 3 unspecified atom stereocenters. The highest BCUT2D eigenvalue weighted by Gasteiger charge is 2.36. The molecule has 0 aliphatic carbocycles.